The SMILES string of the molecule is Cc1nn(C)cc1S(=O)(=O)NNc1ccccc1Cl. The maximum absolute atomic E-state index is 12.1. The Hall–Kier alpha value is -1.57. The zero-order valence-corrected chi connectivity index (χ0v) is 12.0. The quantitative estimate of drug-likeness (QED) is 0.843. The highest BCUT2D eigenvalue weighted by molar-refractivity contribution is 7.89. The molecule has 0 unspecified atom stereocenters. The van der Waals surface area contributed by atoms with Crippen molar-refractivity contribution in [2.24, 2.45) is 7.05 Å². The van der Waals surface area contributed by atoms with Crippen molar-refractivity contribution >= 4 is 27.3 Å². The van der Waals surface area contributed by atoms with Gasteiger partial charge in [0.25, 0.3) is 10.0 Å². The summed E-state index contributed by atoms with van der Waals surface area (Å²) in [5.74, 6) is 0. The summed E-state index contributed by atoms with van der Waals surface area (Å²) >= 11 is 5.92. The molecule has 0 atom stereocenters. The molecule has 1 heterocycles. The van der Waals surface area contributed by atoms with E-state index in [0.29, 0.717) is 16.4 Å². The van der Waals surface area contributed by atoms with Crippen molar-refractivity contribution in [3.05, 3.63) is 41.2 Å². The van der Waals surface area contributed by atoms with Gasteiger partial charge in [-0.25, -0.2) is 8.42 Å². The number of sulfonamides is 1. The minimum absolute atomic E-state index is 0.120. The van der Waals surface area contributed by atoms with Crippen molar-refractivity contribution in [1.29, 1.82) is 0 Å². The Kier molecular flexibility index (Phi) is 3.79. The van der Waals surface area contributed by atoms with Crippen LogP contribution in [0, 0.1) is 6.92 Å². The van der Waals surface area contributed by atoms with Crippen LogP contribution in [0.3, 0.4) is 0 Å². The molecule has 0 saturated carbocycles. The Balaban J connectivity index is 2.19. The van der Waals surface area contributed by atoms with Gasteiger partial charge in [0, 0.05) is 13.2 Å². The molecule has 102 valence electrons. The number of rotatable bonds is 4. The third-order valence-electron chi connectivity index (χ3n) is 2.45. The molecule has 2 rings (SSSR count). The molecule has 0 aliphatic heterocycles. The van der Waals surface area contributed by atoms with E-state index in [0.717, 1.165) is 0 Å². The average Bonchev–Trinajstić information content (AvgIpc) is 2.68. The van der Waals surface area contributed by atoms with Gasteiger partial charge in [-0.15, -0.1) is 4.83 Å². The molecule has 0 radical (unpaired) electrons. The van der Waals surface area contributed by atoms with E-state index < -0.39 is 10.0 Å². The third kappa shape index (κ3) is 3.06. The molecule has 8 heteroatoms. The molecular weight excluding hydrogens is 288 g/mol. The van der Waals surface area contributed by atoms with Gasteiger partial charge in [-0.3, -0.25) is 4.68 Å². The topological polar surface area (TPSA) is 76.0 Å². The molecule has 19 heavy (non-hydrogen) atoms. The van der Waals surface area contributed by atoms with Crippen LogP contribution in [0.15, 0.2) is 35.4 Å². The van der Waals surface area contributed by atoms with Crippen molar-refractivity contribution in [3.63, 3.8) is 0 Å². The number of hydrogen-bond acceptors (Lipinski definition) is 4. The van der Waals surface area contributed by atoms with Crippen LogP contribution in [0.4, 0.5) is 5.69 Å². The van der Waals surface area contributed by atoms with Gasteiger partial charge in [-0.2, -0.15) is 5.10 Å². The van der Waals surface area contributed by atoms with Crippen LogP contribution in [-0.2, 0) is 17.1 Å². The number of hydrazine groups is 1. The van der Waals surface area contributed by atoms with E-state index in [1.807, 2.05) is 0 Å². The molecule has 6 nitrogen and oxygen atoms in total. The second-order valence-corrected chi connectivity index (χ2v) is 6.02. The fraction of sp³-hybridized carbons (Fsp3) is 0.182. The summed E-state index contributed by atoms with van der Waals surface area (Å²) < 4.78 is 25.6. The monoisotopic (exact) mass is 300 g/mol. The van der Waals surface area contributed by atoms with Crippen molar-refractivity contribution in [3.8, 4) is 0 Å². The van der Waals surface area contributed by atoms with Crippen molar-refractivity contribution in [2.75, 3.05) is 5.43 Å². The number of para-hydroxylation sites is 1. The molecule has 0 saturated heterocycles. The molecule has 0 amide bonds. The lowest BCUT2D eigenvalue weighted by molar-refractivity contribution is 0.587. The van der Waals surface area contributed by atoms with Crippen LogP contribution in [0.1, 0.15) is 5.69 Å². The summed E-state index contributed by atoms with van der Waals surface area (Å²) in [6, 6.07) is 6.83. The van der Waals surface area contributed by atoms with Crippen LogP contribution in [0.2, 0.25) is 5.02 Å². The molecule has 2 aromatic rings. The van der Waals surface area contributed by atoms with Crippen LogP contribution in [0.25, 0.3) is 0 Å². The molecule has 0 fully saturated rings. The van der Waals surface area contributed by atoms with E-state index >= 15 is 0 Å². The number of nitrogens with one attached hydrogen (secondary N) is 2. The lowest BCUT2D eigenvalue weighted by Crippen LogP contribution is -2.29. The summed E-state index contributed by atoms with van der Waals surface area (Å²) in [4.78, 5) is 2.39. The Morgan fingerprint density at radius 3 is 2.58 bits per heavy atom. The summed E-state index contributed by atoms with van der Waals surface area (Å²) in [7, 11) is -2.03. The van der Waals surface area contributed by atoms with Gasteiger partial charge in [-0.05, 0) is 19.1 Å². The first-order chi connectivity index (χ1) is 8.90. The van der Waals surface area contributed by atoms with Gasteiger partial charge in [0.1, 0.15) is 4.90 Å². The summed E-state index contributed by atoms with van der Waals surface area (Å²) in [6.07, 6.45) is 1.44. The van der Waals surface area contributed by atoms with Crippen LogP contribution < -0.4 is 10.3 Å². The van der Waals surface area contributed by atoms with Crippen LogP contribution in [-0.4, -0.2) is 18.2 Å². The first-order valence-corrected chi connectivity index (χ1v) is 7.29. The second-order valence-electron chi connectivity index (χ2n) is 3.96. The lowest BCUT2D eigenvalue weighted by Gasteiger charge is -2.09. The Bertz CT molecular complexity index is 696. The average molecular weight is 301 g/mol. The van der Waals surface area contributed by atoms with Crippen molar-refractivity contribution in [1.82, 2.24) is 14.6 Å². The first kappa shape index (κ1) is 13.9. The maximum atomic E-state index is 12.1. The lowest BCUT2D eigenvalue weighted by atomic mass is 10.3. The number of nitrogens with zero attached hydrogens (tertiary/aromatic N) is 2. The van der Waals surface area contributed by atoms with Gasteiger partial charge >= 0.3 is 0 Å². The fourth-order valence-corrected chi connectivity index (χ4v) is 2.84. The highest BCUT2D eigenvalue weighted by atomic mass is 35.5. The number of anilines is 1. The van der Waals surface area contributed by atoms with Gasteiger partial charge in [0.2, 0.25) is 0 Å². The molecule has 1 aromatic carbocycles. The van der Waals surface area contributed by atoms with Gasteiger partial charge in [0.15, 0.2) is 0 Å². The second kappa shape index (κ2) is 5.20. The highest BCUT2D eigenvalue weighted by Gasteiger charge is 2.19. The van der Waals surface area contributed by atoms with Gasteiger partial charge in [0.05, 0.1) is 16.4 Å². The smallest absolute Gasteiger partial charge is 0.260 e. The Labute approximate surface area is 116 Å². The number of hydrogen-bond donors (Lipinski definition) is 2. The fourth-order valence-electron chi connectivity index (χ4n) is 1.58. The zero-order chi connectivity index (χ0) is 14.0. The van der Waals surface area contributed by atoms with E-state index in [1.165, 1.54) is 10.9 Å². The highest BCUT2D eigenvalue weighted by Crippen LogP contribution is 2.20. The van der Waals surface area contributed by atoms with E-state index in [9.17, 15) is 8.42 Å². The van der Waals surface area contributed by atoms with E-state index in [2.05, 4.69) is 15.4 Å². The minimum Gasteiger partial charge on any atom is -0.306 e. The predicted octanol–water partition coefficient (Wildman–Crippen LogP) is 1.69. The summed E-state index contributed by atoms with van der Waals surface area (Å²) in [5.41, 5.74) is 3.49. The third-order valence-corrected chi connectivity index (χ3v) is 4.13. The minimum atomic E-state index is -3.69. The van der Waals surface area contributed by atoms with E-state index in [-0.39, 0.29) is 4.90 Å². The zero-order valence-electron chi connectivity index (χ0n) is 10.4. The van der Waals surface area contributed by atoms with E-state index in [1.54, 1.807) is 38.2 Å². The van der Waals surface area contributed by atoms with Crippen molar-refractivity contribution in [2.45, 2.75) is 11.8 Å². The molecule has 0 bridgehead atoms. The maximum Gasteiger partial charge on any atom is 0.260 e. The van der Waals surface area contributed by atoms with Gasteiger partial charge in [-0.1, -0.05) is 23.7 Å². The van der Waals surface area contributed by atoms with Gasteiger partial charge < -0.3 is 5.43 Å². The molecule has 0 aliphatic carbocycles. The Morgan fingerprint density at radius 2 is 2.00 bits per heavy atom. The van der Waals surface area contributed by atoms with E-state index in [4.69, 9.17) is 11.6 Å². The number of aromatic nitrogens is 2. The normalized spacial score (nSPS) is 11.5. The Morgan fingerprint density at radius 1 is 1.32 bits per heavy atom. The van der Waals surface area contributed by atoms with Crippen LogP contribution >= 0.6 is 11.6 Å². The van der Waals surface area contributed by atoms with Crippen LogP contribution in [0.5, 0.6) is 0 Å². The summed E-state index contributed by atoms with van der Waals surface area (Å²) in [5, 5.41) is 4.42. The number of benzene rings is 1. The largest absolute Gasteiger partial charge is 0.306 e. The standard InChI is InChI=1S/C11H13ClN4O2S/c1-8-11(7-16(2)14-8)19(17,18)15-13-10-6-4-3-5-9(10)12/h3-7,13,15H,1-2H3. The number of aryl methyl sites for hydroxylation is 2. The molecule has 0 spiro atoms. The predicted molar refractivity (Wildman–Crippen MR) is 73.3 cm³/mol. The molecule has 1 aromatic heterocycles. The molecular formula is C11H13ClN4O2S. The number of halogens is 1. The molecule has 0 aliphatic rings. The first-order valence-electron chi connectivity index (χ1n) is 5.43. The van der Waals surface area contributed by atoms with Crippen molar-refractivity contribution < 1.29 is 8.42 Å². The molecule has 2 N–H and O–H groups in total. The summed E-state index contributed by atoms with van der Waals surface area (Å²) in [6.45, 7) is 1.63.